The van der Waals surface area contributed by atoms with Crippen LogP contribution in [-0.2, 0) is 16.0 Å². The zero-order valence-electron chi connectivity index (χ0n) is 11.8. The van der Waals surface area contributed by atoms with Gasteiger partial charge in [0.15, 0.2) is 0 Å². The van der Waals surface area contributed by atoms with Crippen LogP contribution in [0.2, 0.25) is 0 Å². The fourth-order valence-corrected chi connectivity index (χ4v) is 2.36. The minimum atomic E-state index is -0.872. The first-order valence-corrected chi connectivity index (χ1v) is 7.48. The van der Waals surface area contributed by atoms with Crippen LogP contribution in [0.1, 0.15) is 25.8 Å². The Morgan fingerprint density at radius 1 is 1.40 bits per heavy atom. The van der Waals surface area contributed by atoms with Crippen LogP contribution in [0.15, 0.2) is 28.7 Å². The van der Waals surface area contributed by atoms with E-state index in [9.17, 15) is 9.59 Å². The van der Waals surface area contributed by atoms with Crippen LogP contribution < -0.4 is 0 Å². The molecule has 0 aliphatic rings. The smallest absolute Gasteiger partial charge is 0.308 e. The molecule has 0 radical (unpaired) electrons. The number of hydrogen-bond donors (Lipinski definition) is 1. The zero-order chi connectivity index (χ0) is 15.1. The van der Waals surface area contributed by atoms with Gasteiger partial charge in [0, 0.05) is 24.0 Å². The van der Waals surface area contributed by atoms with Crippen molar-refractivity contribution in [3.63, 3.8) is 0 Å². The van der Waals surface area contributed by atoms with E-state index in [1.807, 2.05) is 31.2 Å². The van der Waals surface area contributed by atoms with Crippen LogP contribution in [0.3, 0.4) is 0 Å². The normalized spacial score (nSPS) is 11.9. The van der Waals surface area contributed by atoms with Gasteiger partial charge in [-0.3, -0.25) is 9.59 Å². The van der Waals surface area contributed by atoms with Crippen molar-refractivity contribution >= 4 is 27.8 Å². The molecule has 1 rings (SSSR count). The van der Waals surface area contributed by atoms with Crippen LogP contribution in [0, 0.1) is 5.92 Å². The molecule has 1 atom stereocenters. The van der Waals surface area contributed by atoms with E-state index in [1.165, 1.54) is 0 Å². The summed E-state index contributed by atoms with van der Waals surface area (Å²) in [6.07, 6.45) is 1.06. The second-order valence-electron chi connectivity index (χ2n) is 4.80. The molecule has 5 heteroatoms. The molecule has 0 bridgehead atoms. The maximum absolute atomic E-state index is 12.1. The highest BCUT2D eigenvalue weighted by Crippen LogP contribution is 2.13. The van der Waals surface area contributed by atoms with E-state index in [-0.39, 0.29) is 12.5 Å². The lowest BCUT2D eigenvalue weighted by atomic mass is 10.1. The van der Waals surface area contributed by atoms with Gasteiger partial charge < -0.3 is 10.0 Å². The molecular formula is C15H20BrNO3. The summed E-state index contributed by atoms with van der Waals surface area (Å²) in [5, 5.41) is 8.90. The summed E-state index contributed by atoms with van der Waals surface area (Å²) in [5.74, 6) is -1.41. The monoisotopic (exact) mass is 341 g/mol. The summed E-state index contributed by atoms with van der Waals surface area (Å²) in [6, 6.07) is 7.85. The van der Waals surface area contributed by atoms with Gasteiger partial charge >= 0.3 is 5.97 Å². The SMILES string of the molecule is CCN(CC(C)C(=O)O)C(=O)CCc1cccc(Br)c1. The molecule has 0 aromatic heterocycles. The van der Waals surface area contributed by atoms with E-state index in [0.717, 1.165) is 10.0 Å². The Hall–Kier alpha value is -1.36. The van der Waals surface area contributed by atoms with Crippen molar-refractivity contribution in [2.75, 3.05) is 13.1 Å². The largest absolute Gasteiger partial charge is 0.481 e. The van der Waals surface area contributed by atoms with Gasteiger partial charge in [-0.2, -0.15) is 0 Å². The summed E-state index contributed by atoms with van der Waals surface area (Å²) < 4.78 is 0.995. The molecule has 0 spiro atoms. The van der Waals surface area contributed by atoms with Gasteiger partial charge in [0.1, 0.15) is 0 Å². The lowest BCUT2D eigenvalue weighted by Gasteiger charge is -2.23. The Balaban J connectivity index is 2.53. The van der Waals surface area contributed by atoms with E-state index in [1.54, 1.807) is 11.8 Å². The first kappa shape index (κ1) is 16.7. The molecule has 110 valence electrons. The molecule has 1 amide bonds. The molecule has 1 N–H and O–H groups in total. The topological polar surface area (TPSA) is 57.6 Å². The highest BCUT2D eigenvalue weighted by Gasteiger charge is 2.18. The number of halogens is 1. The van der Waals surface area contributed by atoms with Crippen LogP contribution in [-0.4, -0.2) is 35.0 Å². The molecule has 0 saturated heterocycles. The van der Waals surface area contributed by atoms with Crippen molar-refractivity contribution in [3.05, 3.63) is 34.3 Å². The summed E-state index contributed by atoms with van der Waals surface area (Å²) in [5.41, 5.74) is 1.09. The van der Waals surface area contributed by atoms with Gasteiger partial charge in [-0.15, -0.1) is 0 Å². The molecule has 0 aliphatic carbocycles. The third-order valence-electron chi connectivity index (χ3n) is 3.17. The Labute approximate surface area is 127 Å². The summed E-state index contributed by atoms with van der Waals surface area (Å²) in [6.45, 7) is 4.29. The van der Waals surface area contributed by atoms with E-state index in [2.05, 4.69) is 15.9 Å². The Morgan fingerprint density at radius 3 is 2.65 bits per heavy atom. The molecular weight excluding hydrogens is 322 g/mol. The van der Waals surface area contributed by atoms with Crippen molar-refractivity contribution in [1.29, 1.82) is 0 Å². The molecule has 20 heavy (non-hydrogen) atoms. The number of benzene rings is 1. The first-order valence-electron chi connectivity index (χ1n) is 6.69. The minimum Gasteiger partial charge on any atom is -0.481 e. The average Bonchev–Trinajstić information content (AvgIpc) is 2.41. The summed E-state index contributed by atoms with van der Waals surface area (Å²) in [7, 11) is 0. The second kappa shape index (κ2) is 8.04. The predicted octanol–water partition coefficient (Wildman–Crippen LogP) is 2.95. The number of nitrogens with zero attached hydrogens (tertiary/aromatic N) is 1. The van der Waals surface area contributed by atoms with Crippen LogP contribution in [0.5, 0.6) is 0 Å². The molecule has 0 saturated carbocycles. The third kappa shape index (κ3) is 5.33. The minimum absolute atomic E-state index is 0.000533. The molecule has 1 aromatic rings. The predicted molar refractivity (Wildman–Crippen MR) is 81.5 cm³/mol. The summed E-state index contributed by atoms with van der Waals surface area (Å²) in [4.78, 5) is 24.6. The van der Waals surface area contributed by atoms with Gasteiger partial charge in [0.25, 0.3) is 0 Å². The van der Waals surface area contributed by atoms with E-state index in [4.69, 9.17) is 5.11 Å². The van der Waals surface area contributed by atoms with Gasteiger partial charge in [-0.1, -0.05) is 35.0 Å². The Bertz CT molecular complexity index is 476. The van der Waals surface area contributed by atoms with E-state index < -0.39 is 11.9 Å². The maximum atomic E-state index is 12.1. The molecule has 0 aliphatic heterocycles. The highest BCUT2D eigenvalue weighted by molar-refractivity contribution is 9.10. The molecule has 1 aromatic carbocycles. The molecule has 0 fully saturated rings. The van der Waals surface area contributed by atoms with Crippen molar-refractivity contribution in [2.24, 2.45) is 5.92 Å². The maximum Gasteiger partial charge on any atom is 0.308 e. The first-order chi connectivity index (χ1) is 9.43. The Kier molecular flexibility index (Phi) is 6.71. The number of aryl methyl sites for hydroxylation is 1. The quantitative estimate of drug-likeness (QED) is 0.829. The standard InChI is InChI=1S/C15H20BrNO3/c1-3-17(10-11(2)15(19)20)14(18)8-7-12-5-4-6-13(16)9-12/h4-6,9,11H,3,7-8,10H2,1-2H3,(H,19,20). The van der Waals surface area contributed by atoms with Crippen LogP contribution >= 0.6 is 15.9 Å². The number of rotatable bonds is 7. The number of hydrogen-bond acceptors (Lipinski definition) is 2. The van der Waals surface area contributed by atoms with Gasteiger partial charge in [-0.05, 0) is 31.0 Å². The zero-order valence-corrected chi connectivity index (χ0v) is 13.4. The number of carbonyl (C=O) groups is 2. The van der Waals surface area contributed by atoms with E-state index >= 15 is 0 Å². The molecule has 4 nitrogen and oxygen atoms in total. The number of carboxylic acid groups (broad SMARTS) is 1. The van der Waals surface area contributed by atoms with Gasteiger partial charge in [-0.25, -0.2) is 0 Å². The Morgan fingerprint density at radius 2 is 2.10 bits per heavy atom. The highest BCUT2D eigenvalue weighted by atomic mass is 79.9. The third-order valence-corrected chi connectivity index (χ3v) is 3.66. The second-order valence-corrected chi connectivity index (χ2v) is 5.72. The number of aliphatic carboxylic acids is 1. The van der Waals surface area contributed by atoms with E-state index in [0.29, 0.717) is 19.4 Å². The fraction of sp³-hybridized carbons (Fsp3) is 0.467. The van der Waals surface area contributed by atoms with Crippen LogP contribution in [0.25, 0.3) is 0 Å². The van der Waals surface area contributed by atoms with Crippen molar-refractivity contribution in [3.8, 4) is 0 Å². The fourth-order valence-electron chi connectivity index (χ4n) is 1.92. The lowest BCUT2D eigenvalue weighted by molar-refractivity contribution is -0.143. The molecule has 1 unspecified atom stereocenters. The summed E-state index contributed by atoms with van der Waals surface area (Å²) >= 11 is 3.40. The number of carbonyl (C=O) groups excluding carboxylic acids is 1. The average molecular weight is 342 g/mol. The number of amides is 1. The molecule has 0 heterocycles. The van der Waals surface area contributed by atoms with Gasteiger partial charge in [0.2, 0.25) is 5.91 Å². The van der Waals surface area contributed by atoms with Crippen molar-refractivity contribution in [2.45, 2.75) is 26.7 Å². The van der Waals surface area contributed by atoms with Crippen molar-refractivity contribution < 1.29 is 14.7 Å². The van der Waals surface area contributed by atoms with Gasteiger partial charge in [0.05, 0.1) is 5.92 Å². The van der Waals surface area contributed by atoms with Crippen molar-refractivity contribution in [1.82, 2.24) is 4.90 Å². The number of carboxylic acids is 1. The van der Waals surface area contributed by atoms with Crippen LogP contribution in [0.4, 0.5) is 0 Å². The lowest BCUT2D eigenvalue weighted by Crippen LogP contribution is -2.36.